The first-order chi connectivity index (χ1) is 8.24. The molecule has 1 aliphatic rings. The SMILES string of the molecule is OC(CSC1CCCC1)Cc1cccc(Cl)c1. The highest BCUT2D eigenvalue weighted by molar-refractivity contribution is 7.99. The molecule has 1 N–H and O–H groups in total. The van der Waals surface area contributed by atoms with Gasteiger partial charge in [-0.25, -0.2) is 0 Å². The molecule has 1 unspecified atom stereocenters. The average molecular weight is 271 g/mol. The first-order valence-corrected chi connectivity index (χ1v) is 7.71. The van der Waals surface area contributed by atoms with E-state index >= 15 is 0 Å². The van der Waals surface area contributed by atoms with Crippen LogP contribution in [0.1, 0.15) is 31.2 Å². The average Bonchev–Trinajstić information content (AvgIpc) is 2.79. The fraction of sp³-hybridized carbons (Fsp3) is 0.571. The lowest BCUT2D eigenvalue weighted by molar-refractivity contribution is 0.200. The Morgan fingerprint density at radius 1 is 1.35 bits per heavy atom. The molecular weight excluding hydrogens is 252 g/mol. The Labute approximate surface area is 113 Å². The monoisotopic (exact) mass is 270 g/mol. The van der Waals surface area contributed by atoms with E-state index in [9.17, 15) is 5.11 Å². The third-order valence-corrected chi connectivity index (χ3v) is 4.94. The molecule has 1 saturated carbocycles. The summed E-state index contributed by atoms with van der Waals surface area (Å²) >= 11 is 7.85. The van der Waals surface area contributed by atoms with Crippen molar-refractivity contribution >= 4 is 23.4 Å². The minimum absolute atomic E-state index is 0.251. The minimum atomic E-state index is -0.251. The smallest absolute Gasteiger partial charge is 0.0670 e. The number of hydrogen-bond donors (Lipinski definition) is 1. The molecule has 1 aliphatic carbocycles. The summed E-state index contributed by atoms with van der Waals surface area (Å²) in [6, 6.07) is 7.76. The van der Waals surface area contributed by atoms with E-state index in [4.69, 9.17) is 11.6 Å². The molecule has 3 heteroatoms. The molecule has 1 nitrogen and oxygen atoms in total. The molecule has 0 aromatic heterocycles. The third kappa shape index (κ3) is 4.53. The molecule has 0 bridgehead atoms. The van der Waals surface area contributed by atoms with Crippen LogP contribution in [0.4, 0.5) is 0 Å². The second-order valence-corrected chi connectivity index (χ2v) is 6.50. The normalized spacial score (nSPS) is 18.5. The first kappa shape index (κ1) is 13.3. The van der Waals surface area contributed by atoms with Crippen molar-refractivity contribution in [2.24, 2.45) is 0 Å². The van der Waals surface area contributed by atoms with Gasteiger partial charge >= 0.3 is 0 Å². The maximum atomic E-state index is 9.99. The zero-order valence-electron chi connectivity index (χ0n) is 9.94. The molecule has 94 valence electrons. The van der Waals surface area contributed by atoms with Gasteiger partial charge in [-0.2, -0.15) is 11.8 Å². The van der Waals surface area contributed by atoms with Gasteiger partial charge in [0.05, 0.1) is 6.10 Å². The van der Waals surface area contributed by atoms with E-state index in [1.165, 1.54) is 25.7 Å². The van der Waals surface area contributed by atoms with E-state index in [1.54, 1.807) is 0 Å². The molecule has 1 atom stereocenters. The summed E-state index contributed by atoms with van der Waals surface area (Å²) in [5.41, 5.74) is 1.12. The maximum absolute atomic E-state index is 9.99. The summed E-state index contributed by atoms with van der Waals surface area (Å²) in [5, 5.41) is 11.5. The molecule has 0 spiro atoms. The Kier molecular flexibility index (Phi) is 5.20. The Bertz CT molecular complexity index is 350. The number of aliphatic hydroxyl groups excluding tert-OH is 1. The summed E-state index contributed by atoms with van der Waals surface area (Å²) in [7, 11) is 0. The Morgan fingerprint density at radius 2 is 2.12 bits per heavy atom. The van der Waals surface area contributed by atoms with Crippen molar-refractivity contribution in [3.05, 3.63) is 34.9 Å². The Hall–Kier alpha value is -0.180. The maximum Gasteiger partial charge on any atom is 0.0670 e. The minimum Gasteiger partial charge on any atom is -0.392 e. The number of benzene rings is 1. The molecule has 1 aromatic carbocycles. The molecular formula is C14H19ClOS. The highest BCUT2D eigenvalue weighted by atomic mass is 35.5. The molecule has 17 heavy (non-hydrogen) atoms. The summed E-state index contributed by atoms with van der Waals surface area (Å²) in [6.45, 7) is 0. The van der Waals surface area contributed by atoms with Crippen LogP contribution in [-0.2, 0) is 6.42 Å². The van der Waals surface area contributed by atoms with Gasteiger partial charge in [-0.3, -0.25) is 0 Å². The van der Waals surface area contributed by atoms with Crippen LogP contribution in [0.2, 0.25) is 5.02 Å². The van der Waals surface area contributed by atoms with E-state index in [0.29, 0.717) is 6.42 Å². The lowest BCUT2D eigenvalue weighted by atomic mass is 10.1. The molecule has 0 radical (unpaired) electrons. The largest absolute Gasteiger partial charge is 0.392 e. The lowest BCUT2D eigenvalue weighted by Crippen LogP contribution is -2.15. The molecule has 0 saturated heterocycles. The van der Waals surface area contributed by atoms with E-state index in [-0.39, 0.29) is 6.10 Å². The zero-order valence-corrected chi connectivity index (χ0v) is 11.5. The highest BCUT2D eigenvalue weighted by Gasteiger charge is 2.17. The lowest BCUT2D eigenvalue weighted by Gasteiger charge is -2.13. The predicted molar refractivity (Wildman–Crippen MR) is 75.9 cm³/mol. The van der Waals surface area contributed by atoms with Crippen molar-refractivity contribution in [1.82, 2.24) is 0 Å². The van der Waals surface area contributed by atoms with Crippen molar-refractivity contribution in [3.63, 3.8) is 0 Å². The number of hydrogen-bond acceptors (Lipinski definition) is 2. The van der Waals surface area contributed by atoms with Crippen molar-refractivity contribution in [2.45, 2.75) is 43.5 Å². The van der Waals surface area contributed by atoms with E-state index in [0.717, 1.165) is 21.6 Å². The van der Waals surface area contributed by atoms with Crippen LogP contribution in [0, 0.1) is 0 Å². The van der Waals surface area contributed by atoms with Gasteiger partial charge in [0.2, 0.25) is 0 Å². The second kappa shape index (κ2) is 6.67. The first-order valence-electron chi connectivity index (χ1n) is 6.28. The van der Waals surface area contributed by atoms with E-state index < -0.39 is 0 Å². The van der Waals surface area contributed by atoms with Gasteiger partial charge in [0.1, 0.15) is 0 Å². The quantitative estimate of drug-likeness (QED) is 0.875. The van der Waals surface area contributed by atoms with Crippen molar-refractivity contribution in [3.8, 4) is 0 Å². The molecule has 0 amide bonds. The highest BCUT2D eigenvalue weighted by Crippen LogP contribution is 2.30. The fourth-order valence-corrected chi connectivity index (χ4v) is 3.79. The van der Waals surface area contributed by atoms with Gasteiger partial charge < -0.3 is 5.11 Å². The molecule has 0 aliphatic heterocycles. The summed E-state index contributed by atoms with van der Waals surface area (Å²) in [5.74, 6) is 0.844. The van der Waals surface area contributed by atoms with E-state index in [1.807, 2.05) is 36.0 Å². The summed E-state index contributed by atoms with van der Waals surface area (Å²) in [6.07, 6.45) is 5.84. The van der Waals surface area contributed by atoms with Gasteiger partial charge in [-0.15, -0.1) is 0 Å². The van der Waals surface area contributed by atoms with Crippen molar-refractivity contribution in [1.29, 1.82) is 0 Å². The van der Waals surface area contributed by atoms with Crippen LogP contribution in [0.15, 0.2) is 24.3 Å². The number of rotatable bonds is 5. The van der Waals surface area contributed by atoms with Crippen LogP contribution in [-0.4, -0.2) is 22.2 Å². The van der Waals surface area contributed by atoms with Crippen LogP contribution in [0.3, 0.4) is 0 Å². The predicted octanol–water partition coefficient (Wildman–Crippen LogP) is 3.92. The molecule has 1 aromatic rings. The topological polar surface area (TPSA) is 20.2 Å². The third-order valence-electron chi connectivity index (χ3n) is 3.19. The van der Waals surface area contributed by atoms with Gasteiger partial charge in [0.25, 0.3) is 0 Å². The number of thioether (sulfide) groups is 1. The number of halogens is 1. The van der Waals surface area contributed by atoms with Crippen LogP contribution >= 0.6 is 23.4 Å². The van der Waals surface area contributed by atoms with Gasteiger partial charge in [-0.05, 0) is 37.0 Å². The number of aliphatic hydroxyl groups is 1. The van der Waals surface area contributed by atoms with Gasteiger partial charge in [0, 0.05) is 16.0 Å². The van der Waals surface area contributed by atoms with Crippen molar-refractivity contribution < 1.29 is 5.11 Å². The summed E-state index contributed by atoms with van der Waals surface area (Å²) < 4.78 is 0. The molecule has 1 fully saturated rings. The molecule has 2 rings (SSSR count). The van der Waals surface area contributed by atoms with Gasteiger partial charge in [-0.1, -0.05) is 36.6 Å². The Morgan fingerprint density at radius 3 is 2.82 bits per heavy atom. The summed E-state index contributed by atoms with van der Waals surface area (Å²) in [4.78, 5) is 0. The van der Waals surface area contributed by atoms with Crippen LogP contribution in [0.25, 0.3) is 0 Å². The van der Waals surface area contributed by atoms with Crippen molar-refractivity contribution in [2.75, 3.05) is 5.75 Å². The molecule has 0 heterocycles. The van der Waals surface area contributed by atoms with Crippen LogP contribution < -0.4 is 0 Å². The van der Waals surface area contributed by atoms with Crippen LogP contribution in [0.5, 0.6) is 0 Å². The zero-order chi connectivity index (χ0) is 12.1. The fourth-order valence-electron chi connectivity index (χ4n) is 2.30. The van der Waals surface area contributed by atoms with E-state index in [2.05, 4.69) is 0 Å². The standard InChI is InChI=1S/C14H19ClOS/c15-12-5-3-4-11(8-12)9-13(16)10-17-14-6-1-2-7-14/h3-5,8,13-14,16H,1-2,6-7,9-10H2. The second-order valence-electron chi connectivity index (χ2n) is 4.73. The van der Waals surface area contributed by atoms with Gasteiger partial charge in [0.15, 0.2) is 0 Å². The Balaban J connectivity index is 1.74.